The minimum absolute atomic E-state index is 0.0333. The van der Waals surface area contributed by atoms with Crippen LogP contribution in [0.1, 0.15) is 22.8 Å². The molecule has 1 aliphatic heterocycles. The van der Waals surface area contributed by atoms with E-state index in [9.17, 15) is 18.0 Å². The Hall–Kier alpha value is -2.71. The summed E-state index contributed by atoms with van der Waals surface area (Å²) in [6.45, 7) is 2.12. The van der Waals surface area contributed by atoms with Crippen molar-refractivity contribution >= 4 is 23.2 Å². The van der Waals surface area contributed by atoms with E-state index in [1.54, 1.807) is 0 Å². The molecule has 0 saturated heterocycles. The lowest BCUT2D eigenvalue weighted by Crippen LogP contribution is -2.48. The summed E-state index contributed by atoms with van der Waals surface area (Å²) in [7, 11) is 0. The molecule has 154 valence electrons. The zero-order chi connectivity index (χ0) is 21.3. The Balaban J connectivity index is 1.88. The monoisotopic (exact) mass is 424 g/mol. The van der Waals surface area contributed by atoms with Crippen LogP contribution in [0.25, 0.3) is 0 Å². The number of nitrogens with two attached hydrogens (primary N) is 2. The van der Waals surface area contributed by atoms with Gasteiger partial charge in [0.15, 0.2) is 0 Å². The van der Waals surface area contributed by atoms with Gasteiger partial charge in [-0.3, -0.25) is 9.80 Å². The summed E-state index contributed by atoms with van der Waals surface area (Å²) in [5.74, 6) is 5.37. The van der Waals surface area contributed by atoms with E-state index in [0.29, 0.717) is 11.4 Å². The SMILES string of the molecule is CC1CN(C(=O)c2cccc(C(F)(F)F)c2Cl)CC(N)=C1N(N)c1ccccc1. The van der Waals surface area contributed by atoms with Crippen LogP contribution in [0.4, 0.5) is 18.9 Å². The second-order valence-electron chi connectivity index (χ2n) is 6.87. The van der Waals surface area contributed by atoms with Crippen molar-refractivity contribution in [1.29, 1.82) is 0 Å². The number of nitrogens with zero attached hydrogens (tertiary/aromatic N) is 2. The van der Waals surface area contributed by atoms with E-state index in [-0.39, 0.29) is 24.6 Å². The summed E-state index contributed by atoms with van der Waals surface area (Å²) >= 11 is 5.90. The summed E-state index contributed by atoms with van der Waals surface area (Å²) in [6.07, 6.45) is -4.65. The van der Waals surface area contributed by atoms with Gasteiger partial charge in [-0.15, -0.1) is 0 Å². The number of halogens is 4. The maximum Gasteiger partial charge on any atom is 0.417 e. The molecule has 1 aliphatic rings. The minimum Gasteiger partial charge on any atom is -0.399 e. The van der Waals surface area contributed by atoms with Crippen LogP contribution in [0.5, 0.6) is 0 Å². The van der Waals surface area contributed by atoms with E-state index >= 15 is 0 Å². The number of hydrogen-bond acceptors (Lipinski definition) is 4. The van der Waals surface area contributed by atoms with Crippen molar-refractivity contribution in [2.45, 2.75) is 13.1 Å². The summed E-state index contributed by atoms with van der Waals surface area (Å²) in [4.78, 5) is 14.3. The molecule has 1 amide bonds. The third-order valence-electron chi connectivity index (χ3n) is 4.77. The Labute approximate surface area is 171 Å². The van der Waals surface area contributed by atoms with Gasteiger partial charge in [0.2, 0.25) is 0 Å². The molecule has 0 bridgehead atoms. The highest BCUT2D eigenvalue weighted by molar-refractivity contribution is 6.34. The van der Waals surface area contributed by atoms with Gasteiger partial charge in [-0.25, -0.2) is 5.84 Å². The Kier molecular flexibility index (Phi) is 5.77. The van der Waals surface area contributed by atoms with Crippen LogP contribution in [-0.2, 0) is 6.18 Å². The van der Waals surface area contributed by atoms with Crippen molar-refractivity contribution in [2.75, 3.05) is 18.1 Å². The van der Waals surface area contributed by atoms with E-state index < -0.39 is 22.7 Å². The van der Waals surface area contributed by atoms with E-state index in [2.05, 4.69) is 0 Å². The zero-order valence-corrected chi connectivity index (χ0v) is 16.3. The third-order valence-corrected chi connectivity index (χ3v) is 5.17. The molecule has 0 fully saturated rings. The molecule has 1 heterocycles. The Morgan fingerprint density at radius 3 is 2.41 bits per heavy atom. The molecule has 9 heteroatoms. The van der Waals surface area contributed by atoms with Crippen molar-refractivity contribution < 1.29 is 18.0 Å². The van der Waals surface area contributed by atoms with Gasteiger partial charge in [0.1, 0.15) is 0 Å². The topological polar surface area (TPSA) is 75.6 Å². The lowest BCUT2D eigenvalue weighted by atomic mass is 9.98. The number of rotatable bonds is 3. The molecule has 0 aromatic heterocycles. The van der Waals surface area contributed by atoms with Gasteiger partial charge >= 0.3 is 6.18 Å². The first-order valence-corrected chi connectivity index (χ1v) is 9.22. The van der Waals surface area contributed by atoms with Gasteiger partial charge in [-0.2, -0.15) is 13.2 Å². The minimum atomic E-state index is -4.65. The molecule has 3 rings (SSSR count). The van der Waals surface area contributed by atoms with Crippen LogP contribution in [0, 0.1) is 5.92 Å². The standard InChI is InChI=1S/C20H20ClF3N4O/c1-12-10-27(11-16(25)18(12)28(26)13-6-3-2-4-7-13)19(29)14-8-5-9-15(17(14)21)20(22,23)24/h2-9,12H,10-11,25-26H2,1H3. The van der Waals surface area contributed by atoms with Gasteiger partial charge in [0.05, 0.1) is 34.1 Å². The van der Waals surface area contributed by atoms with Crippen LogP contribution in [0.3, 0.4) is 0 Å². The predicted octanol–water partition coefficient (Wildman–Crippen LogP) is 4.00. The summed E-state index contributed by atoms with van der Waals surface area (Å²) in [5, 5.41) is 0.856. The number of hydrogen-bond donors (Lipinski definition) is 2. The van der Waals surface area contributed by atoms with Crippen LogP contribution in [-0.4, -0.2) is 23.9 Å². The summed E-state index contributed by atoms with van der Waals surface area (Å²) in [5.41, 5.74) is 6.71. The van der Waals surface area contributed by atoms with Crippen LogP contribution in [0.15, 0.2) is 59.9 Å². The van der Waals surface area contributed by atoms with Crippen LogP contribution < -0.4 is 16.6 Å². The van der Waals surface area contributed by atoms with Crippen LogP contribution >= 0.6 is 11.6 Å². The molecule has 2 aromatic rings. The Morgan fingerprint density at radius 2 is 1.83 bits per heavy atom. The number of carbonyl (C=O) groups excluding carboxylic acids is 1. The highest BCUT2D eigenvalue weighted by Gasteiger charge is 2.36. The highest BCUT2D eigenvalue weighted by Crippen LogP contribution is 2.37. The largest absolute Gasteiger partial charge is 0.417 e. The first-order chi connectivity index (χ1) is 13.6. The van der Waals surface area contributed by atoms with Gasteiger partial charge in [0.25, 0.3) is 5.91 Å². The summed E-state index contributed by atoms with van der Waals surface area (Å²) < 4.78 is 39.3. The fourth-order valence-corrected chi connectivity index (χ4v) is 3.76. The van der Waals surface area contributed by atoms with E-state index in [0.717, 1.165) is 17.8 Å². The maximum absolute atomic E-state index is 13.1. The number of para-hydroxylation sites is 1. The van der Waals surface area contributed by atoms with Crippen molar-refractivity contribution in [3.05, 3.63) is 76.1 Å². The molecule has 2 aromatic carbocycles. The number of anilines is 1. The summed E-state index contributed by atoms with van der Waals surface area (Å²) in [6, 6.07) is 12.5. The molecular formula is C20H20ClF3N4O. The van der Waals surface area contributed by atoms with E-state index in [1.165, 1.54) is 16.0 Å². The molecule has 5 nitrogen and oxygen atoms in total. The lowest BCUT2D eigenvalue weighted by Gasteiger charge is -2.37. The quantitative estimate of drug-likeness (QED) is 0.577. The van der Waals surface area contributed by atoms with Crippen molar-refractivity contribution in [3.8, 4) is 0 Å². The highest BCUT2D eigenvalue weighted by atomic mass is 35.5. The first-order valence-electron chi connectivity index (χ1n) is 8.84. The van der Waals surface area contributed by atoms with Crippen molar-refractivity contribution in [1.82, 2.24) is 4.90 Å². The molecule has 1 atom stereocenters. The Morgan fingerprint density at radius 1 is 1.17 bits per heavy atom. The van der Waals surface area contributed by atoms with Gasteiger partial charge in [-0.05, 0) is 24.3 Å². The second kappa shape index (κ2) is 7.96. The van der Waals surface area contributed by atoms with E-state index in [4.69, 9.17) is 23.2 Å². The molecule has 0 saturated carbocycles. The molecule has 4 N–H and O–H groups in total. The number of alkyl halides is 3. The van der Waals surface area contributed by atoms with Crippen molar-refractivity contribution in [3.63, 3.8) is 0 Å². The smallest absolute Gasteiger partial charge is 0.399 e. The van der Waals surface area contributed by atoms with E-state index in [1.807, 2.05) is 37.3 Å². The molecule has 0 spiro atoms. The number of benzene rings is 2. The number of hydrazine groups is 1. The molecule has 29 heavy (non-hydrogen) atoms. The Bertz CT molecular complexity index is 946. The van der Waals surface area contributed by atoms with Gasteiger partial charge in [0, 0.05) is 18.2 Å². The average Bonchev–Trinajstić information content (AvgIpc) is 2.66. The number of amides is 1. The van der Waals surface area contributed by atoms with Gasteiger partial charge < -0.3 is 10.6 Å². The normalized spacial score (nSPS) is 17.4. The molecule has 0 aliphatic carbocycles. The fraction of sp³-hybridized carbons (Fsp3) is 0.250. The molecule has 1 unspecified atom stereocenters. The van der Waals surface area contributed by atoms with Crippen molar-refractivity contribution in [2.24, 2.45) is 17.5 Å². The fourth-order valence-electron chi connectivity index (χ4n) is 3.45. The predicted molar refractivity (Wildman–Crippen MR) is 106 cm³/mol. The molecule has 0 radical (unpaired) electrons. The van der Waals surface area contributed by atoms with Gasteiger partial charge in [-0.1, -0.05) is 42.8 Å². The second-order valence-corrected chi connectivity index (χ2v) is 7.25. The first kappa shape index (κ1) is 21.0. The molecular weight excluding hydrogens is 405 g/mol. The number of carbonyl (C=O) groups is 1. The van der Waals surface area contributed by atoms with Crippen LogP contribution in [0.2, 0.25) is 5.02 Å². The third kappa shape index (κ3) is 4.18. The average molecular weight is 425 g/mol. The zero-order valence-electron chi connectivity index (χ0n) is 15.6. The maximum atomic E-state index is 13.1. The lowest BCUT2D eigenvalue weighted by molar-refractivity contribution is -0.137.